The van der Waals surface area contributed by atoms with Crippen LogP contribution in [0.2, 0.25) is 0 Å². The minimum atomic E-state index is -0.534. The Morgan fingerprint density at radius 2 is 1.55 bits per heavy atom. The fourth-order valence-electron chi connectivity index (χ4n) is 4.50. The van der Waals surface area contributed by atoms with Gasteiger partial charge in [-0.15, -0.1) is 0 Å². The van der Waals surface area contributed by atoms with E-state index in [1.807, 2.05) is 24.3 Å². The third kappa shape index (κ3) is 6.54. The van der Waals surface area contributed by atoms with E-state index in [2.05, 4.69) is 35.8 Å². The Hall–Kier alpha value is -2.93. The molecule has 2 aromatic carbocycles. The van der Waals surface area contributed by atoms with Gasteiger partial charge in [-0.25, -0.2) is 4.39 Å². The summed E-state index contributed by atoms with van der Waals surface area (Å²) in [6.07, 6.45) is 1.76. The maximum Gasteiger partial charge on any atom is 0.123 e. The normalized spacial score (nSPS) is 16.7. The van der Waals surface area contributed by atoms with E-state index >= 15 is 0 Å². The predicted octanol–water partition coefficient (Wildman–Crippen LogP) is 4.59. The van der Waals surface area contributed by atoms with Crippen LogP contribution in [0.15, 0.2) is 48.5 Å². The molecule has 1 heterocycles. The molecule has 0 amide bonds. The number of rotatable bonds is 10. The Kier molecular flexibility index (Phi) is 8.83. The molecule has 5 nitrogen and oxygen atoms in total. The molecule has 1 saturated heterocycles. The molecule has 1 atom stereocenters. The lowest BCUT2D eigenvalue weighted by Gasteiger charge is -2.36. The van der Waals surface area contributed by atoms with Crippen LogP contribution in [-0.2, 0) is 5.41 Å². The Morgan fingerprint density at radius 3 is 2.09 bits per heavy atom. The first-order chi connectivity index (χ1) is 16.0. The van der Waals surface area contributed by atoms with E-state index in [9.17, 15) is 9.65 Å². The lowest BCUT2D eigenvalue weighted by Crippen LogP contribution is -2.47. The van der Waals surface area contributed by atoms with Gasteiger partial charge in [-0.05, 0) is 67.3 Å². The number of nitriles is 2. The number of nitrogens with zero attached hydrogens (tertiary/aromatic N) is 4. The van der Waals surface area contributed by atoms with Gasteiger partial charge in [0.1, 0.15) is 18.2 Å². The van der Waals surface area contributed by atoms with Crippen molar-refractivity contribution in [3.63, 3.8) is 0 Å². The Labute approximate surface area is 197 Å². The van der Waals surface area contributed by atoms with Crippen LogP contribution >= 0.6 is 0 Å². The summed E-state index contributed by atoms with van der Waals surface area (Å²) in [5, 5.41) is 19.2. The van der Waals surface area contributed by atoms with Crippen molar-refractivity contribution in [1.82, 2.24) is 9.80 Å². The van der Waals surface area contributed by atoms with Gasteiger partial charge < -0.3 is 9.64 Å². The first-order valence-corrected chi connectivity index (χ1v) is 11.7. The average molecular weight is 449 g/mol. The molecule has 1 aliphatic rings. The lowest BCUT2D eigenvalue weighted by atomic mass is 9.69. The standard InChI is InChI=1S/C27H33FN4O/c1-22(2)27(21-30,24-6-4-23(20-29)5-7-24)12-3-13-31-14-16-32(17-15-31)18-19-33-26-10-8-25(28)9-11-26/h4-11,22H,3,12-19H2,1-2H3. The predicted molar refractivity (Wildman–Crippen MR) is 127 cm³/mol. The first-order valence-electron chi connectivity index (χ1n) is 11.7. The molecule has 0 saturated carbocycles. The van der Waals surface area contributed by atoms with Crippen molar-refractivity contribution in [3.8, 4) is 17.9 Å². The van der Waals surface area contributed by atoms with Crippen LogP contribution in [0.3, 0.4) is 0 Å². The topological polar surface area (TPSA) is 63.3 Å². The summed E-state index contributed by atoms with van der Waals surface area (Å²) in [6.45, 7) is 10.6. The SMILES string of the molecule is CC(C)C(C#N)(CCCN1CCN(CCOc2ccc(F)cc2)CC1)c1ccc(C#N)cc1. The molecule has 0 N–H and O–H groups in total. The highest BCUT2D eigenvalue weighted by atomic mass is 19.1. The third-order valence-electron chi connectivity index (χ3n) is 6.71. The van der Waals surface area contributed by atoms with Crippen molar-refractivity contribution in [2.45, 2.75) is 32.1 Å². The zero-order valence-corrected chi connectivity index (χ0v) is 19.6. The number of hydrogen-bond acceptors (Lipinski definition) is 5. The Bertz CT molecular complexity index is 954. The molecule has 1 fully saturated rings. The number of halogens is 1. The van der Waals surface area contributed by atoms with E-state index in [0.29, 0.717) is 17.9 Å². The third-order valence-corrected chi connectivity index (χ3v) is 6.71. The van der Waals surface area contributed by atoms with Crippen molar-refractivity contribution in [2.75, 3.05) is 45.9 Å². The molecule has 3 rings (SSSR count). The second-order valence-corrected chi connectivity index (χ2v) is 9.02. The van der Waals surface area contributed by atoms with Crippen molar-refractivity contribution in [3.05, 3.63) is 65.5 Å². The molecule has 2 aromatic rings. The summed E-state index contributed by atoms with van der Waals surface area (Å²) in [5.41, 5.74) is 1.09. The maximum atomic E-state index is 13.0. The quantitative estimate of drug-likeness (QED) is 0.532. The largest absolute Gasteiger partial charge is 0.492 e. The minimum Gasteiger partial charge on any atom is -0.492 e. The van der Waals surface area contributed by atoms with E-state index in [0.717, 1.165) is 57.7 Å². The van der Waals surface area contributed by atoms with E-state index in [-0.39, 0.29) is 11.7 Å². The summed E-state index contributed by atoms with van der Waals surface area (Å²) in [6, 6.07) is 18.4. The van der Waals surface area contributed by atoms with Crippen molar-refractivity contribution in [1.29, 1.82) is 10.5 Å². The van der Waals surface area contributed by atoms with Gasteiger partial charge in [-0.2, -0.15) is 10.5 Å². The van der Waals surface area contributed by atoms with Gasteiger partial charge in [0.2, 0.25) is 0 Å². The van der Waals surface area contributed by atoms with Crippen LogP contribution in [0.1, 0.15) is 37.8 Å². The summed E-state index contributed by atoms with van der Waals surface area (Å²) in [5.74, 6) is 0.632. The van der Waals surface area contributed by atoms with Crippen molar-refractivity contribution in [2.24, 2.45) is 5.92 Å². The summed E-state index contributed by atoms with van der Waals surface area (Å²) < 4.78 is 18.7. The number of hydrogen-bond donors (Lipinski definition) is 0. The second-order valence-electron chi connectivity index (χ2n) is 9.02. The molecule has 174 valence electrons. The highest BCUT2D eigenvalue weighted by Crippen LogP contribution is 2.36. The number of piperazine rings is 1. The molecule has 0 spiro atoms. The van der Waals surface area contributed by atoms with Crippen LogP contribution in [0, 0.1) is 34.4 Å². The first kappa shape index (κ1) is 24.7. The van der Waals surface area contributed by atoms with Crippen LogP contribution < -0.4 is 4.74 Å². The Morgan fingerprint density at radius 1 is 0.939 bits per heavy atom. The monoisotopic (exact) mass is 448 g/mol. The molecular weight excluding hydrogens is 415 g/mol. The van der Waals surface area contributed by atoms with Gasteiger partial charge in [-0.1, -0.05) is 26.0 Å². The fourth-order valence-corrected chi connectivity index (χ4v) is 4.50. The smallest absolute Gasteiger partial charge is 0.123 e. The minimum absolute atomic E-state index is 0.188. The van der Waals surface area contributed by atoms with Crippen LogP contribution in [0.25, 0.3) is 0 Å². The van der Waals surface area contributed by atoms with Crippen molar-refractivity contribution >= 4 is 0 Å². The van der Waals surface area contributed by atoms with E-state index in [4.69, 9.17) is 10.00 Å². The lowest BCUT2D eigenvalue weighted by molar-refractivity contribution is 0.114. The van der Waals surface area contributed by atoms with Gasteiger partial charge in [0.25, 0.3) is 0 Å². The molecule has 1 unspecified atom stereocenters. The molecule has 33 heavy (non-hydrogen) atoms. The maximum absolute atomic E-state index is 13.0. The number of ether oxygens (including phenoxy) is 1. The molecule has 6 heteroatoms. The second kappa shape index (κ2) is 11.8. The zero-order valence-electron chi connectivity index (χ0n) is 19.6. The highest BCUT2D eigenvalue weighted by Gasteiger charge is 2.35. The molecule has 1 aliphatic heterocycles. The van der Waals surface area contributed by atoms with Gasteiger partial charge >= 0.3 is 0 Å². The van der Waals surface area contributed by atoms with Crippen LogP contribution in [0.4, 0.5) is 4.39 Å². The van der Waals surface area contributed by atoms with Gasteiger partial charge in [0.15, 0.2) is 0 Å². The molecule has 0 aromatic heterocycles. The summed E-state index contributed by atoms with van der Waals surface area (Å²) in [4.78, 5) is 4.86. The van der Waals surface area contributed by atoms with E-state index in [1.54, 1.807) is 12.1 Å². The van der Waals surface area contributed by atoms with Gasteiger partial charge in [-0.3, -0.25) is 4.90 Å². The molecule has 0 aliphatic carbocycles. The zero-order chi connectivity index (χ0) is 23.7. The van der Waals surface area contributed by atoms with E-state index in [1.165, 1.54) is 12.1 Å². The summed E-state index contributed by atoms with van der Waals surface area (Å²) in [7, 11) is 0. The van der Waals surface area contributed by atoms with Crippen LogP contribution in [-0.4, -0.2) is 55.7 Å². The summed E-state index contributed by atoms with van der Waals surface area (Å²) >= 11 is 0. The molecule has 0 radical (unpaired) electrons. The van der Waals surface area contributed by atoms with Gasteiger partial charge in [0, 0.05) is 32.7 Å². The van der Waals surface area contributed by atoms with E-state index < -0.39 is 5.41 Å². The van der Waals surface area contributed by atoms with Crippen molar-refractivity contribution < 1.29 is 9.13 Å². The number of benzene rings is 2. The fraction of sp³-hybridized carbons (Fsp3) is 0.481. The average Bonchev–Trinajstić information content (AvgIpc) is 2.84. The van der Waals surface area contributed by atoms with Gasteiger partial charge in [0.05, 0.1) is 23.1 Å². The highest BCUT2D eigenvalue weighted by molar-refractivity contribution is 5.39. The molecule has 0 bridgehead atoms. The van der Waals surface area contributed by atoms with Crippen LogP contribution in [0.5, 0.6) is 5.75 Å². The molecular formula is C27H33FN4O. The Balaban J connectivity index is 1.43.